The normalized spacial score (nSPS) is 10.9. The van der Waals surface area contributed by atoms with E-state index in [0.29, 0.717) is 29.3 Å². The van der Waals surface area contributed by atoms with Crippen LogP contribution in [0.25, 0.3) is 17.3 Å². The Hall–Kier alpha value is -3.27. The summed E-state index contributed by atoms with van der Waals surface area (Å²) in [5.41, 5.74) is 2.14. The Morgan fingerprint density at radius 3 is 2.76 bits per heavy atom. The van der Waals surface area contributed by atoms with Crippen molar-refractivity contribution in [1.29, 1.82) is 5.26 Å². The van der Waals surface area contributed by atoms with Crippen LogP contribution in [0.5, 0.6) is 11.5 Å². The van der Waals surface area contributed by atoms with Crippen molar-refractivity contribution in [3.63, 3.8) is 0 Å². The number of amides is 1. The second-order valence-electron chi connectivity index (χ2n) is 5.20. The number of carbonyl (C=O) groups is 1. The molecule has 25 heavy (non-hydrogen) atoms. The molecule has 0 atom stereocenters. The quantitative estimate of drug-likeness (QED) is 0.596. The molecule has 7 heteroatoms. The van der Waals surface area contributed by atoms with Gasteiger partial charge in [0.25, 0.3) is 5.91 Å². The van der Waals surface area contributed by atoms with Gasteiger partial charge in [0.1, 0.15) is 11.6 Å². The zero-order valence-corrected chi connectivity index (χ0v) is 14.4. The molecule has 0 aliphatic heterocycles. The van der Waals surface area contributed by atoms with Crippen LogP contribution in [0, 0.1) is 11.3 Å². The SMILES string of the molecule is CCCNC(=O)/C(C#N)=C/c1cn[nH]c1-c1ccc(OC)c(OC)c1. The average molecular weight is 340 g/mol. The lowest BCUT2D eigenvalue weighted by atomic mass is 10.1. The molecule has 1 aromatic carbocycles. The van der Waals surface area contributed by atoms with Crippen molar-refractivity contribution in [2.24, 2.45) is 0 Å². The van der Waals surface area contributed by atoms with Gasteiger partial charge >= 0.3 is 0 Å². The Labute approximate surface area is 146 Å². The van der Waals surface area contributed by atoms with E-state index in [1.807, 2.05) is 19.1 Å². The van der Waals surface area contributed by atoms with E-state index in [1.165, 1.54) is 6.08 Å². The van der Waals surface area contributed by atoms with Crippen LogP contribution < -0.4 is 14.8 Å². The summed E-state index contributed by atoms with van der Waals surface area (Å²) in [6.07, 6.45) is 3.88. The Bertz CT molecular complexity index is 818. The number of nitriles is 1. The number of nitrogens with one attached hydrogen (secondary N) is 2. The van der Waals surface area contributed by atoms with Crippen LogP contribution in [0.15, 0.2) is 30.0 Å². The number of benzene rings is 1. The third kappa shape index (κ3) is 4.18. The summed E-state index contributed by atoms with van der Waals surface area (Å²) in [5, 5.41) is 18.9. The second kappa shape index (κ2) is 8.55. The summed E-state index contributed by atoms with van der Waals surface area (Å²) in [4.78, 5) is 12.0. The molecule has 0 bridgehead atoms. The van der Waals surface area contributed by atoms with E-state index >= 15 is 0 Å². The van der Waals surface area contributed by atoms with Gasteiger partial charge in [-0.15, -0.1) is 0 Å². The number of methoxy groups -OCH3 is 2. The molecule has 2 aromatic rings. The minimum atomic E-state index is -0.399. The smallest absolute Gasteiger partial charge is 0.261 e. The van der Waals surface area contributed by atoms with Gasteiger partial charge in [0.2, 0.25) is 0 Å². The van der Waals surface area contributed by atoms with E-state index in [2.05, 4.69) is 15.5 Å². The largest absolute Gasteiger partial charge is 0.493 e. The van der Waals surface area contributed by atoms with E-state index in [-0.39, 0.29) is 5.57 Å². The monoisotopic (exact) mass is 340 g/mol. The van der Waals surface area contributed by atoms with Crippen molar-refractivity contribution < 1.29 is 14.3 Å². The Morgan fingerprint density at radius 2 is 2.12 bits per heavy atom. The number of ether oxygens (including phenoxy) is 2. The number of aromatic nitrogens is 2. The molecular weight excluding hydrogens is 320 g/mol. The van der Waals surface area contributed by atoms with Crippen LogP contribution in [-0.2, 0) is 4.79 Å². The predicted octanol–water partition coefficient (Wildman–Crippen LogP) is 2.53. The lowest BCUT2D eigenvalue weighted by Gasteiger charge is -2.09. The van der Waals surface area contributed by atoms with Gasteiger partial charge in [0.05, 0.1) is 26.1 Å². The molecule has 7 nitrogen and oxygen atoms in total. The number of hydrogen-bond donors (Lipinski definition) is 2. The Morgan fingerprint density at radius 1 is 1.36 bits per heavy atom. The highest BCUT2D eigenvalue weighted by molar-refractivity contribution is 6.02. The molecule has 0 saturated heterocycles. The third-order valence-electron chi connectivity index (χ3n) is 3.54. The van der Waals surface area contributed by atoms with Gasteiger partial charge < -0.3 is 14.8 Å². The molecule has 1 heterocycles. The van der Waals surface area contributed by atoms with Gasteiger partial charge in [-0.25, -0.2) is 0 Å². The van der Waals surface area contributed by atoms with E-state index in [1.54, 1.807) is 32.5 Å². The summed E-state index contributed by atoms with van der Waals surface area (Å²) in [5.74, 6) is 0.786. The van der Waals surface area contributed by atoms with Crippen LogP contribution >= 0.6 is 0 Å². The lowest BCUT2D eigenvalue weighted by molar-refractivity contribution is -0.117. The number of hydrogen-bond acceptors (Lipinski definition) is 5. The van der Waals surface area contributed by atoms with Crippen molar-refractivity contribution in [2.45, 2.75) is 13.3 Å². The molecule has 2 rings (SSSR count). The Balaban J connectivity index is 2.39. The van der Waals surface area contributed by atoms with Crippen molar-refractivity contribution in [1.82, 2.24) is 15.5 Å². The lowest BCUT2D eigenvalue weighted by Crippen LogP contribution is -2.25. The first kappa shape index (κ1) is 18.1. The molecule has 0 unspecified atom stereocenters. The summed E-state index contributed by atoms with van der Waals surface area (Å²) >= 11 is 0. The van der Waals surface area contributed by atoms with Crippen LogP contribution in [0.2, 0.25) is 0 Å². The van der Waals surface area contributed by atoms with E-state index < -0.39 is 5.91 Å². The fraction of sp³-hybridized carbons (Fsp3) is 0.278. The maximum atomic E-state index is 12.0. The van der Waals surface area contributed by atoms with Gasteiger partial charge in [-0.1, -0.05) is 6.92 Å². The molecule has 0 fully saturated rings. The van der Waals surface area contributed by atoms with Crippen LogP contribution in [0.3, 0.4) is 0 Å². The molecule has 0 saturated carbocycles. The fourth-order valence-corrected chi connectivity index (χ4v) is 2.27. The first-order valence-corrected chi connectivity index (χ1v) is 7.80. The van der Waals surface area contributed by atoms with Crippen LogP contribution in [-0.4, -0.2) is 36.9 Å². The fourth-order valence-electron chi connectivity index (χ4n) is 2.27. The first-order chi connectivity index (χ1) is 12.1. The maximum absolute atomic E-state index is 12.0. The molecule has 0 aliphatic rings. The number of H-pyrrole nitrogens is 1. The molecule has 1 aromatic heterocycles. The average Bonchev–Trinajstić information content (AvgIpc) is 3.11. The van der Waals surface area contributed by atoms with Crippen molar-refractivity contribution in [3.05, 3.63) is 35.5 Å². The molecule has 0 aliphatic carbocycles. The number of rotatable bonds is 7. The van der Waals surface area contributed by atoms with E-state index in [0.717, 1.165) is 12.0 Å². The summed E-state index contributed by atoms with van der Waals surface area (Å²) in [6.45, 7) is 2.47. The highest BCUT2D eigenvalue weighted by Gasteiger charge is 2.13. The van der Waals surface area contributed by atoms with Crippen LogP contribution in [0.1, 0.15) is 18.9 Å². The molecular formula is C18H20N4O3. The van der Waals surface area contributed by atoms with Gasteiger partial charge in [0, 0.05) is 17.7 Å². The number of aromatic amines is 1. The number of nitrogens with zero attached hydrogens (tertiary/aromatic N) is 2. The molecule has 1 amide bonds. The number of carbonyl (C=O) groups excluding carboxylic acids is 1. The zero-order valence-electron chi connectivity index (χ0n) is 14.4. The topological polar surface area (TPSA) is 100 Å². The first-order valence-electron chi connectivity index (χ1n) is 7.80. The van der Waals surface area contributed by atoms with Gasteiger partial charge in [0.15, 0.2) is 11.5 Å². The molecule has 2 N–H and O–H groups in total. The molecule has 0 spiro atoms. The standard InChI is InChI=1S/C18H20N4O3/c1-4-7-20-18(23)13(10-19)8-14-11-21-22-17(14)12-5-6-15(24-2)16(9-12)25-3/h5-6,8-9,11H,4,7H2,1-3H3,(H,20,23)(H,21,22)/b13-8+. The molecule has 130 valence electrons. The second-order valence-corrected chi connectivity index (χ2v) is 5.20. The summed E-state index contributed by atoms with van der Waals surface area (Å²) in [6, 6.07) is 7.35. The highest BCUT2D eigenvalue weighted by Crippen LogP contribution is 2.33. The molecule has 0 radical (unpaired) electrons. The van der Waals surface area contributed by atoms with Crippen molar-refractivity contribution in [3.8, 4) is 28.8 Å². The van der Waals surface area contributed by atoms with Crippen LogP contribution in [0.4, 0.5) is 0 Å². The zero-order chi connectivity index (χ0) is 18.2. The Kier molecular flexibility index (Phi) is 6.18. The minimum Gasteiger partial charge on any atom is -0.493 e. The van der Waals surface area contributed by atoms with E-state index in [4.69, 9.17) is 9.47 Å². The predicted molar refractivity (Wildman–Crippen MR) is 94.0 cm³/mol. The summed E-state index contributed by atoms with van der Waals surface area (Å²) in [7, 11) is 3.12. The minimum absolute atomic E-state index is 0.0246. The maximum Gasteiger partial charge on any atom is 0.261 e. The van der Waals surface area contributed by atoms with E-state index in [9.17, 15) is 10.1 Å². The van der Waals surface area contributed by atoms with Crippen molar-refractivity contribution in [2.75, 3.05) is 20.8 Å². The van der Waals surface area contributed by atoms with Crippen molar-refractivity contribution >= 4 is 12.0 Å². The summed E-state index contributed by atoms with van der Waals surface area (Å²) < 4.78 is 10.5. The van der Waals surface area contributed by atoms with Gasteiger partial charge in [-0.3, -0.25) is 9.89 Å². The highest BCUT2D eigenvalue weighted by atomic mass is 16.5. The van der Waals surface area contributed by atoms with Gasteiger partial charge in [-0.2, -0.15) is 10.4 Å². The van der Waals surface area contributed by atoms with Gasteiger partial charge in [-0.05, 0) is 30.7 Å². The third-order valence-corrected chi connectivity index (χ3v) is 3.54.